The third-order valence-electron chi connectivity index (χ3n) is 3.00. The molecule has 0 fully saturated rings. The topological polar surface area (TPSA) is 50.7 Å². The summed E-state index contributed by atoms with van der Waals surface area (Å²) in [6.07, 6.45) is 1.70. The summed E-state index contributed by atoms with van der Waals surface area (Å²) >= 11 is 7.46. The zero-order valence-electron chi connectivity index (χ0n) is 12.8. The van der Waals surface area contributed by atoms with Crippen LogP contribution in [-0.4, -0.2) is 44.2 Å². The van der Waals surface area contributed by atoms with Crippen molar-refractivity contribution in [2.45, 2.75) is 38.8 Å². The number of aliphatic hydroxyl groups excluding tert-OH is 1. The number of hydrogen-bond donors (Lipinski definition) is 2. The molecule has 0 radical (unpaired) electrons. The monoisotopic (exact) mass is 335 g/mol. The highest BCUT2D eigenvalue weighted by Gasteiger charge is 2.10. The van der Waals surface area contributed by atoms with Crippen LogP contribution in [0.25, 0.3) is 0 Å². The van der Waals surface area contributed by atoms with E-state index < -0.39 is 6.10 Å². The lowest BCUT2D eigenvalue weighted by Gasteiger charge is -2.16. The van der Waals surface area contributed by atoms with Crippen LogP contribution in [0.3, 0.4) is 0 Å². The first-order valence-electron chi connectivity index (χ1n) is 7.45. The smallest absolute Gasteiger partial charge is 0.0931 e. The van der Waals surface area contributed by atoms with Gasteiger partial charge in [0.05, 0.1) is 30.3 Å². The fourth-order valence-electron chi connectivity index (χ4n) is 1.72. The maximum Gasteiger partial charge on any atom is 0.0931 e. The van der Waals surface area contributed by atoms with Gasteiger partial charge in [-0.1, -0.05) is 24.9 Å². The Morgan fingerprint density at radius 1 is 1.29 bits per heavy atom. The molecule has 122 valence electrons. The highest BCUT2D eigenvalue weighted by atomic mass is 35.5. The molecule has 2 unspecified atom stereocenters. The Bertz CT molecular complexity index is 376. The van der Waals surface area contributed by atoms with Crippen molar-refractivity contribution in [1.82, 2.24) is 5.32 Å². The van der Waals surface area contributed by atoms with E-state index in [1.807, 2.05) is 12.1 Å². The third kappa shape index (κ3) is 8.76. The van der Waals surface area contributed by atoms with Crippen molar-refractivity contribution in [3.8, 4) is 0 Å². The van der Waals surface area contributed by atoms with Gasteiger partial charge in [0.25, 0.3) is 0 Å². The third-order valence-corrected chi connectivity index (χ3v) is 4.42. The number of thiophene rings is 1. The quantitative estimate of drug-likeness (QED) is 0.576. The summed E-state index contributed by atoms with van der Waals surface area (Å²) in [6.45, 7) is 6.90. The molecule has 0 saturated carbocycles. The first kappa shape index (κ1) is 18.9. The van der Waals surface area contributed by atoms with Crippen molar-refractivity contribution in [3.63, 3.8) is 0 Å². The Hall–Kier alpha value is -0.170. The van der Waals surface area contributed by atoms with Crippen LogP contribution in [0, 0.1) is 0 Å². The van der Waals surface area contributed by atoms with Crippen molar-refractivity contribution in [1.29, 1.82) is 0 Å². The summed E-state index contributed by atoms with van der Waals surface area (Å²) < 4.78 is 11.5. The van der Waals surface area contributed by atoms with Gasteiger partial charge in [0.1, 0.15) is 0 Å². The maximum absolute atomic E-state index is 9.84. The van der Waals surface area contributed by atoms with Gasteiger partial charge >= 0.3 is 0 Å². The molecule has 6 heteroatoms. The normalized spacial score (nSPS) is 14.3. The molecule has 0 bridgehead atoms. The molecule has 1 heterocycles. The lowest BCUT2D eigenvalue weighted by atomic mass is 10.2. The minimum Gasteiger partial charge on any atom is -0.389 e. The Balaban J connectivity index is 2.02. The molecule has 0 aliphatic carbocycles. The fraction of sp³-hybridized carbons (Fsp3) is 0.733. The first-order chi connectivity index (χ1) is 10.1. The van der Waals surface area contributed by atoms with E-state index in [9.17, 15) is 5.11 Å². The van der Waals surface area contributed by atoms with Crippen molar-refractivity contribution >= 4 is 22.9 Å². The number of rotatable bonds is 12. The van der Waals surface area contributed by atoms with E-state index in [1.54, 1.807) is 11.3 Å². The van der Waals surface area contributed by atoms with Gasteiger partial charge in [0, 0.05) is 24.1 Å². The van der Waals surface area contributed by atoms with E-state index in [2.05, 4.69) is 19.2 Å². The summed E-state index contributed by atoms with van der Waals surface area (Å²) in [7, 11) is 0. The van der Waals surface area contributed by atoms with Crippen LogP contribution < -0.4 is 5.32 Å². The van der Waals surface area contributed by atoms with Gasteiger partial charge < -0.3 is 19.9 Å². The second-order valence-corrected chi connectivity index (χ2v) is 6.71. The molecule has 2 N–H and O–H groups in total. The molecule has 0 saturated heterocycles. The van der Waals surface area contributed by atoms with Gasteiger partial charge in [-0.15, -0.1) is 11.3 Å². The van der Waals surface area contributed by atoms with Crippen LogP contribution in [0.2, 0.25) is 4.34 Å². The number of hydrogen-bond acceptors (Lipinski definition) is 5. The van der Waals surface area contributed by atoms with Gasteiger partial charge in [-0.25, -0.2) is 0 Å². The minimum atomic E-state index is -0.515. The summed E-state index contributed by atoms with van der Waals surface area (Å²) in [5, 5.41) is 13.1. The minimum absolute atomic E-state index is 0.175. The number of unbranched alkanes of at least 4 members (excludes halogenated alkanes) is 1. The zero-order chi connectivity index (χ0) is 15.5. The summed E-state index contributed by atoms with van der Waals surface area (Å²) in [4.78, 5) is 1.16. The van der Waals surface area contributed by atoms with Crippen LogP contribution in [-0.2, 0) is 9.47 Å². The highest BCUT2D eigenvalue weighted by molar-refractivity contribution is 7.16. The van der Waals surface area contributed by atoms with Crippen molar-refractivity contribution in [3.05, 3.63) is 21.3 Å². The molecule has 0 aliphatic rings. The van der Waals surface area contributed by atoms with E-state index in [0.717, 1.165) is 28.7 Å². The number of halogens is 1. The molecule has 21 heavy (non-hydrogen) atoms. The van der Waals surface area contributed by atoms with E-state index in [-0.39, 0.29) is 6.04 Å². The molecule has 0 amide bonds. The van der Waals surface area contributed by atoms with Crippen molar-refractivity contribution < 1.29 is 14.6 Å². The second kappa shape index (κ2) is 11.4. The molecular weight excluding hydrogens is 310 g/mol. The zero-order valence-corrected chi connectivity index (χ0v) is 14.4. The van der Waals surface area contributed by atoms with Crippen molar-refractivity contribution in [2.75, 3.05) is 33.0 Å². The molecule has 1 aromatic heterocycles. The molecule has 0 aromatic carbocycles. The first-order valence-corrected chi connectivity index (χ1v) is 8.65. The van der Waals surface area contributed by atoms with E-state index in [4.69, 9.17) is 21.1 Å². The lowest BCUT2D eigenvalue weighted by molar-refractivity contribution is 0.00334. The largest absolute Gasteiger partial charge is 0.389 e. The van der Waals surface area contributed by atoms with Gasteiger partial charge in [0.15, 0.2) is 0 Å². The van der Waals surface area contributed by atoms with Crippen LogP contribution in [0.1, 0.15) is 37.6 Å². The number of ether oxygens (including phenoxy) is 2. The van der Waals surface area contributed by atoms with Gasteiger partial charge in [-0.2, -0.15) is 0 Å². The molecular formula is C15H26ClNO3S. The van der Waals surface area contributed by atoms with E-state index in [1.165, 1.54) is 0 Å². The molecule has 2 atom stereocenters. The highest BCUT2D eigenvalue weighted by Crippen LogP contribution is 2.26. The average molecular weight is 336 g/mol. The summed E-state index contributed by atoms with van der Waals surface area (Å²) in [5.74, 6) is 0. The maximum atomic E-state index is 9.84. The molecule has 1 rings (SSSR count). The average Bonchev–Trinajstić information content (AvgIpc) is 2.90. The van der Waals surface area contributed by atoms with E-state index in [0.29, 0.717) is 26.4 Å². The molecule has 1 aromatic rings. The predicted molar refractivity (Wildman–Crippen MR) is 88.3 cm³/mol. The second-order valence-electron chi connectivity index (χ2n) is 4.97. The summed E-state index contributed by atoms with van der Waals surface area (Å²) in [5.41, 5.74) is 0. The van der Waals surface area contributed by atoms with Crippen LogP contribution >= 0.6 is 22.9 Å². The van der Waals surface area contributed by atoms with Gasteiger partial charge in [-0.3, -0.25) is 0 Å². The Kier molecular flexibility index (Phi) is 10.3. The predicted octanol–water partition coefficient (Wildman–Crippen LogP) is 3.25. The standard InChI is InChI=1S/C15H26ClNO3S/c1-3-4-7-19-8-9-20-11-13(18)10-17-12(2)14-5-6-15(16)21-14/h5-6,12-13,17-18H,3-4,7-11H2,1-2H3. The Morgan fingerprint density at radius 3 is 2.71 bits per heavy atom. The Labute approximate surface area is 136 Å². The molecule has 0 spiro atoms. The van der Waals surface area contributed by atoms with Crippen molar-refractivity contribution in [2.24, 2.45) is 0 Å². The van der Waals surface area contributed by atoms with Crippen LogP contribution in [0.15, 0.2) is 12.1 Å². The SMILES string of the molecule is CCCCOCCOCC(O)CNC(C)c1ccc(Cl)s1. The van der Waals surface area contributed by atoms with Crippen LogP contribution in [0.5, 0.6) is 0 Å². The van der Waals surface area contributed by atoms with Gasteiger partial charge in [-0.05, 0) is 25.5 Å². The van der Waals surface area contributed by atoms with Crippen LogP contribution in [0.4, 0.5) is 0 Å². The fourth-order valence-corrected chi connectivity index (χ4v) is 2.81. The number of aliphatic hydroxyl groups is 1. The summed E-state index contributed by atoms with van der Waals surface area (Å²) in [6, 6.07) is 4.06. The molecule has 4 nitrogen and oxygen atoms in total. The van der Waals surface area contributed by atoms with E-state index >= 15 is 0 Å². The number of nitrogens with one attached hydrogen (secondary N) is 1. The van der Waals surface area contributed by atoms with Gasteiger partial charge in [0.2, 0.25) is 0 Å². The Morgan fingerprint density at radius 2 is 2.05 bits per heavy atom. The lowest BCUT2D eigenvalue weighted by Crippen LogP contribution is -2.32. The molecule has 0 aliphatic heterocycles.